The molecule has 0 saturated carbocycles. The van der Waals surface area contributed by atoms with Crippen LogP contribution in [0.3, 0.4) is 0 Å². The van der Waals surface area contributed by atoms with E-state index in [1.807, 2.05) is 0 Å². The van der Waals surface area contributed by atoms with Crippen molar-refractivity contribution in [2.45, 2.75) is 37.6 Å². The molecule has 1 aliphatic rings. The molecule has 0 spiro atoms. The summed E-state index contributed by atoms with van der Waals surface area (Å²) in [5.41, 5.74) is 1.25. The topological polar surface area (TPSA) is 32.3 Å². The Bertz CT molecular complexity index is 388. The number of nitrogens with one attached hydrogen (secondary N) is 1. The lowest BCUT2D eigenvalue weighted by atomic mass is 9.68. The molecule has 1 atom stereocenters. The van der Waals surface area contributed by atoms with E-state index >= 15 is 0 Å². The van der Waals surface area contributed by atoms with Gasteiger partial charge in [-0.25, -0.2) is 0 Å². The minimum Gasteiger partial charge on any atom is -0.395 e. The lowest BCUT2D eigenvalue weighted by Crippen LogP contribution is -2.53. The first-order valence-corrected chi connectivity index (χ1v) is 6.89. The van der Waals surface area contributed by atoms with Crippen molar-refractivity contribution in [1.29, 1.82) is 0 Å². The smallest absolute Gasteiger partial charge is 0.0529 e. The van der Waals surface area contributed by atoms with Crippen molar-refractivity contribution in [3.05, 3.63) is 34.3 Å². The van der Waals surface area contributed by atoms with Crippen LogP contribution in [-0.2, 0) is 5.41 Å². The van der Waals surface area contributed by atoms with E-state index in [-0.39, 0.29) is 17.6 Å². The molecule has 3 heteroatoms. The van der Waals surface area contributed by atoms with Crippen molar-refractivity contribution < 1.29 is 5.11 Å². The van der Waals surface area contributed by atoms with Gasteiger partial charge in [0, 0.05) is 15.4 Å². The summed E-state index contributed by atoms with van der Waals surface area (Å²) < 4.78 is 1.09. The lowest BCUT2D eigenvalue weighted by molar-refractivity contribution is 0.112. The van der Waals surface area contributed by atoms with Gasteiger partial charge >= 0.3 is 0 Å². The van der Waals surface area contributed by atoms with Crippen LogP contribution in [0.5, 0.6) is 0 Å². The second kappa shape index (κ2) is 4.71. The number of aliphatic hydroxyl groups is 1. The minimum absolute atomic E-state index is 0.0878. The predicted molar refractivity (Wildman–Crippen MR) is 74.2 cm³/mol. The number of piperidine rings is 1. The van der Waals surface area contributed by atoms with Gasteiger partial charge < -0.3 is 10.4 Å². The Morgan fingerprint density at radius 1 is 1.29 bits per heavy atom. The monoisotopic (exact) mass is 297 g/mol. The molecule has 2 N–H and O–H groups in total. The highest BCUT2D eigenvalue weighted by Crippen LogP contribution is 2.38. The molecular formula is C14H20BrNO. The summed E-state index contributed by atoms with van der Waals surface area (Å²) in [5.74, 6) is 0. The summed E-state index contributed by atoms with van der Waals surface area (Å²) in [6, 6.07) is 8.37. The second-order valence-electron chi connectivity index (χ2n) is 5.68. The number of benzene rings is 1. The second-order valence-corrected chi connectivity index (χ2v) is 6.60. The fraction of sp³-hybridized carbons (Fsp3) is 0.571. The van der Waals surface area contributed by atoms with E-state index in [4.69, 9.17) is 0 Å². The molecule has 1 aliphatic heterocycles. The summed E-state index contributed by atoms with van der Waals surface area (Å²) in [4.78, 5) is 0. The molecule has 0 radical (unpaired) electrons. The van der Waals surface area contributed by atoms with E-state index in [2.05, 4.69) is 59.4 Å². The van der Waals surface area contributed by atoms with Crippen molar-refractivity contribution >= 4 is 15.9 Å². The van der Waals surface area contributed by atoms with Crippen LogP contribution in [0.25, 0.3) is 0 Å². The lowest BCUT2D eigenvalue weighted by Gasteiger charge is -2.45. The molecule has 0 aliphatic carbocycles. The van der Waals surface area contributed by atoms with Gasteiger partial charge in [0.25, 0.3) is 0 Å². The standard InChI is InChI=1S/C14H20BrNO/c1-13(2)9-14(10-17,7-8-16-13)11-3-5-12(15)6-4-11/h3-6,16-17H,7-10H2,1-2H3. The van der Waals surface area contributed by atoms with Crippen molar-refractivity contribution in [2.24, 2.45) is 0 Å². The largest absolute Gasteiger partial charge is 0.395 e. The number of hydrogen-bond acceptors (Lipinski definition) is 2. The van der Waals surface area contributed by atoms with Gasteiger partial charge in [0.15, 0.2) is 0 Å². The first kappa shape index (κ1) is 13.1. The van der Waals surface area contributed by atoms with E-state index in [9.17, 15) is 5.11 Å². The van der Waals surface area contributed by atoms with Gasteiger partial charge in [0.2, 0.25) is 0 Å². The fourth-order valence-corrected chi connectivity index (χ4v) is 3.18. The van der Waals surface area contributed by atoms with E-state index in [0.717, 1.165) is 23.9 Å². The first-order valence-electron chi connectivity index (χ1n) is 6.09. The van der Waals surface area contributed by atoms with E-state index in [1.165, 1.54) is 5.56 Å². The van der Waals surface area contributed by atoms with Gasteiger partial charge in [-0.3, -0.25) is 0 Å². The van der Waals surface area contributed by atoms with Crippen LogP contribution in [0.2, 0.25) is 0 Å². The van der Waals surface area contributed by atoms with Gasteiger partial charge in [-0.2, -0.15) is 0 Å². The summed E-state index contributed by atoms with van der Waals surface area (Å²) in [5, 5.41) is 13.4. The SMILES string of the molecule is CC1(C)CC(CO)(c2ccc(Br)cc2)CCN1. The van der Waals surface area contributed by atoms with Crippen LogP contribution >= 0.6 is 15.9 Å². The van der Waals surface area contributed by atoms with Crippen LogP contribution in [0.4, 0.5) is 0 Å². The normalized spacial score (nSPS) is 28.0. The van der Waals surface area contributed by atoms with Crippen LogP contribution in [0, 0.1) is 0 Å². The number of aliphatic hydroxyl groups excluding tert-OH is 1. The zero-order chi connectivity index (χ0) is 12.5. The minimum atomic E-state index is -0.0878. The Kier molecular flexibility index (Phi) is 3.62. The van der Waals surface area contributed by atoms with Gasteiger partial charge in [-0.1, -0.05) is 28.1 Å². The maximum absolute atomic E-state index is 9.86. The van der Waals surface area contributed by atoms with Crippen molar-refractivity contribution in [2.75, 3.05) is 13.2 Å². The third kappa shape index (κ3) is 2.72. The maximum atomic E-state index is 9.86. The molecule has 1 aromatic rings. The zero-order valence-corrected chi connectivity index (χ0v) is 12.0. The average molecular weight is 298 g/mol. The van der Waals surface area contributed by atoms with Crippen LogP contribution in [-0.4, -0.2) is 23.8 Å². The van der Waals surface area contributed by atoms with E-state index < -0.39 is 0 Å². The highest BCUT2D eigenvalue weighted by molar-refractivity contribution is 9.10. The van der Waals surface area contributed by atoms with Crippen LogP contribution in [0.1, 0.15) is 32.3 Å². The van der Waals surface area contributed by atoms with Crippen molar-refractivity contribution in [3.63, 3.8) is 0 Å². The maximum Gasteiger partial charge on any atom is 0.0529 e. The summed E-state index contributed by atoms with van der Waals surface area (Å²) >= 11 is 3.46. The van der Waals surface area contributed by atoms with Crippen LogP contribution < -0.4 is 5.32 Å². The molecule has 2 nitrogen and oxygen atoms in total. The Morgan fingerprint density at radius 2 is 1.94 bits per heavy atom. The highest BCUT2D eigenvalue weighted by Gasteiger charge is 2.40. The summed E-state index contributed by atoms with van der Waals surface area (Å²) in [7, 11) is 0. The molecule has 1 saturated heterocycles. The molecule has 0 aromatic heterocycles. The van der Waals surface area contributed by atoms with Gasteiger partial charge in [-0.05, 0) is 50.9 Å². The third-order valence-corrected chi connectivity index (χ3v) is 4.28. The van der Waals surface area contributed by atoms with Crippen molar-refractivity contribution in [3.8, 4) is 0 Å². The molecule has 0 bridgehead atoms. The van der Waals surface area contributed by atoms with Gasteiger partial charge in [-0.15, -0.1) is 0 Å². The molecule has 1 heterocycles. The molecule has 94 valence electrons. The van der Waals surface area contributed by atoms with Gasteiger partial charge in [0.05, 0.1) is 6.61 Å². The number of halogens is 1. The summed E-state index contributed by atoms with van der Waals surface area (Å²) in [6.45, 7) is 5.59. The number of rotatable bonds is 2. The zero-order valence-electron chi connectivity index (χ0n) is 10.5. The van der Waals surface area contributed by atoms with Crippen molar-refractivity contribution in [1.82, 2.24) is 5.32 Å². The predicted octanol–water partition coefficient (Wildman–Crippen LogP) is 2.84. The van der Waals surface area contributed by atoms with Gasteiger partial charge in [0.1, 0.15) is 0 Å². The molecule has 1 unspecified atom stereocenters. The number of hydrogen-bond donors (Lipinski definition) is 2. The summed E-state index contributed by atoms with van der Waals surface area (Å²) in [6.07, 6.45) is 1.96. The molecule has 1 fully saturated rings. The third-order valence-electron chi connectivity index (χ3n) is 3.75. The van der Waals surface area contributed by atoms with E-state index in [1.54, 1.807) is 0 Å². The quantitative estimate of drug-likeness (QED) is 0.880. The molecule has 2 rings (SSSR count). The fourth-order valence-electron chi connectivity index (χ4n) is 2.91. The Labute approximate surface area is 112 Å². The molecular weight excluding hydrogens is 278 g/mol. The Balaban J connectivity index is 2.33. The molecule has 17 heavy (non-hydrogen) atoms. The molecule has 1 aromatic carbocycles. The molecule has 0 amide bonds. The Morgan fingerprint density at radius 3 is 2.47 bits per heavy atom. The Hall–Kier alpha value is -0.380. The highest BCUT2D eigenvalue weighted by atomic mass is 79.9. The average Bonchev–Trinajstić information content (AvgIpc) is 2.28. The van der Waals surface area contributed by atoms with Crippen LogP contribution in [0.15, 0.2) is 28.7 Å². The first-order chi connectivity index (χ1) is 7.97. The van der Waals surface area contributed by atoms with E-state index in [0.29, 0.717) is 0 Å².